The molecule has 3 rings (SSSR count). The third-order valence-corrected chi connectivity index (χ3v) is 5.77. The molecule has 2 aliphatic rings. The van der Waals surface area contributed by atoms with Crippen molar-refractivity contribution in [1.82, 2.24) is 5.43 Å². The molecular formula is C18H26BrClN4O2. The molecule has 0 fully saturated rings. The van der Waals surface area contributed by atoms with E-state index in [2.05, 4.69) is 26.3 Å². The van der Waals surface area contributed by atoms with Crippen LogP contribution in [0.25, 0.3) is 0 Å². The minimum atomic E-state index is -0.378. The van der Waals surface area contributed by atoms with Gasteiger partial charge in [0.1, 0.15) is 0 Å². The first-order valence-electron chi connectivity index (χ1n) is 9.13. The Morgan fingerprint density at radius 1 is 1.46 bits per heavy atom. The third-order valence-electron chi connectivity index (χ3n) is 4.77. The van der Waals surface area contributed by atoms with E-state index in [0.717, 1.165) is 28.1 Å². The number of hydrogen-bond donors (Lipinski definition) is 2. The van der Waals surface area contributed by atoms with Gasteiger partial charge in [0, 0.05) is 30.1 Å². The number of nitrogens with zero attached hydrogens (tertiary/aromatic N) is 2. The molecule has 0 radical (unpaired) electrons. The number of guanidine groups is 1. The summed E-state index contributed by atoms with van der Waals surface area (Å²) in [5.41, 5.74) is 13.1. The lowest BCUT2D eigenvalue weighted by Crippen LogP contribution is -2.46. The van der Waals surface area contributed by atoms with E-state index in [1.807, 2.05) is 24.9 Å². The molecule has 1 atom stereocenters. The molecular weight excluding hydrogens is 420 g/mol. The third kappa shape index (κ3) is 4.11. The molecule has 1 aliphatic carbocycles. The van der Waals surface area contributed by atoms with Crippen LogP contribution in [0.5, 0.6) is 0 Å². The van der Waals surface area contributed by atoms with Crippen LogP contribution < -0.4 is 16.2 Å². The number of nitrogens with two attached hydrogens (primary N) is 1. The van der Waals surface area contributed by atoms with E-state index in [1.165, 1.54) is 24.0 Å². The average Bonchev–Trinajstić information content (AvgIpc) is 2.97. The second kappa shape index (κ2) is 8.78. The van der Waals surface area contributed by atoms with Crippen molar-refractivity contribution in [1.29, 1.82) is 0 Å². The second-order valence-corrected chi connectivity index (χ2v) is 7.72. The van der Waals surface area contributed by atoms with Gasteiger partial charge in [0.05, 0.1) is 17.3 Å². The number of rotatable bonds is 7. The summed E-state index contributed by atoms with van der Waals surface area (Å²) in [6, 6.07) is 1.98. The summed E-state index contributed by atoms with van der Waals surface area (Å²) in [7, 11) is 0. The van der Waals surface area contributed by atoms with E-state index in [9.17, 15) is 0 Å². The first-order chi connectivity index (χ1) is 12.5. The van der Waals surface area contributed by atoms with Crippen LogP contribution >= 0.6 is 27.5 Å². The van der Waals surface area contributed by atoms with Crippen molar-refractivity contribution in [3.8, 4) is 0 Å². The number of hydrazine groups is 1. The number of halogens is 2. The zero-order valence-corrected chi connectivity index (χ0v) is 17.6. The number of aliphatic imine (C=N–C) groups is 1. The quantitative estimate of drug-likeness (QED) is 0.381. The molecule has 8 heteroatoms. The van der Waals surface area contributed by atoms with Gasteiger partial charge in [-0.1, -0.05) is 27.5 Å². The van der Waals surface area contributed by atoms with E-state index in [1.54, 1.807) is 0 Å². The topological polar surface area (TPSA) is 72.1 Å². The summed E-state index contributed by atoms with van der Waals surface area (Å²) in [6.45, 7) is 6.19. The Bertz CT molecular complexity index is 680. The Morgan fingerprint density at radius 3 is 2.88 bits per heavy atom. The Kier molecular flexibility index (Phi) is 6.66. The predicted octanol–water partition coefficient (Wildman–Crippen LogP) is 3.56. The average molecular weight is 446 g/mol. The second-order valence-electron chi connectivity index (χ2n) is 6.46. The van der Waals surface area contributed by atoms with Gasteiger partial charge in [0.2, 0.25) is 5.96 Å². The van der Waals surface area contributed by atoms with Gasteiger partial charge in [-0.15, -0.1) is 0 Å². The molecule has 1 unspecified atom stereocenters. The number of anilines is 1. The van der Waals surface area contributed by atoms with Crippen molar-refractivity contribution in [2.45, 2.75) is 45.3 Å². The molecule has 0 aromatic heterocycles. The number of nitrogens with one attached hydrogen (secondary N) is 1. The summed E-state index contributed by atoms with van der Waals surface area (Å²) in [5.74, 6) is 0.810. The molecule has 6 nitrogen and oxygen atoms in total. The fourth-order valence-electron chi connectivity index (χ4n) is 3.77. The summed E-state index contributed by atoms with van der Waals surface area (Å²) >= 11 is 10.2. The zero-order chi connectivity index (χ0) is 18.7. The fourth-order valence-corrected chi connectivity index (χ4v) is 4.86. The maximum atomic E-state index is 6.55. The van der Waals surface area contributed by atoms with E-state index in [-0.39, 0.29) is 6.29 Å². The van der Waals surface area contributed by atoms with Gasteiger partial charge < -0.3 is 15.2 Å². The highest BCUT2D eigenvalue weighted by Gasteiger charge is 2.36. The molecule has 1 aromatic carbocycles. The lowest BCUT2D eigenvalue weighted by atomic mass is 9.84. The van der Waals surface area contributed by atoms with Gasteiger partial charge >= 0.3 is 0 Å². The maximum absolute atomic E-state index is 6.55. The predicted molar refractivity (Wildman–Crippen MR) is 109 cm³/mol. The highest BCUT2D eigenvalue weighted by Crippen LogP contribution is 2.49. The summed E-state index contributed by atoms with van der Waals surface area (Å²) in [4.78, 5) is 4.37. The van der Waals surface area contributed by atoms with E-state index in [4.69, 9.17) is 26.8 Å². The Hall–Kier alpha value is -1.02. The molecule has 0 bridgehead atoms. The molecule has 0 spiro atoms. The molecule has 1 heterocycles. The first-order valence-corrected chi connectivity index (χ1v) is 10.3. The summed E-state index contributed by atoms with van der Waals surface area (Å²) in [6.07, 6.45) is 3.06. The molecule has 1 aromatic rings. The van der Waals surface area contributed by atoms with E-state index >= 15 is 0 Å². The van der Waals surface area contributed by atoms with Crippen LogP contribution in [0.2, 0.25) is 5.02 Å². The van der Waals surface area contributed by atoms with Crippen molar-refractivity contribution >= 4 is 39.2 Å². The van der Waals surface area contributed by atoms with Gasteiger partial charge in [-0.3, -0.25) is 10.4 Å². The molecule has 144 valence electrons. The summed E-state index contributed by atoms with van der Waals surface area (Å²) in [5, 5.41) is 2.75. The smallest absolute Gasteiger partial charge is 0.208 e. The Balaban J connectivity index is 1.74. The van der Waals surface area contributed by atoms with Crippen LogP contribution in [0.3, 0.4) is 0 Å². The lowest BCUT2D eigenvalue weighted by Gasteiger charge is -2.23. The van der Waals surface area contributed by atoms with Gasteiger partial charge in [0.15, 0.2) is 6.29 Å². The maximum Gasteiger partial charge on any atom is 0.208 e. The van der Waals surface area contributed by atoms with Gasteiger partial charge in [-0.05, 0) is 50.3 Å². The van der Waals surface area contributed by atoms with Crippen molar-refractivity contribution in [3.63, 3.8) is 0 Å². The highest BCUT2D eigenvalue weighted by atomic mass is 79.9. The van der Waals surface area contributed by atoms with E-state index < -0.39 is 0 Å². The zero-order valence-electron chi connectivity index (χ0n) is 15.2. The van der Waals surface area contributed by atoms with Crippen molar-refractivity contribution < 1.29 is 9.47 Å². The molecule has 0 saturated heterocycles. The van der Waals surface area contributed by atoms with Gasteiger partial charge in [0.25, 0.3) is 0 Å². The Morgan fingerprint density at radius 2 is 2.19 bits per heavy atom. The van der Waals surface area contributed by atoms with Crippen LogP contribution in [0.1, 0.15) is 43.7 Å². The molecule has 0 saturated carbocycles. The first kappa shape index (κ1) is 19.7. The molecule has 26 heavy (non-hydrogen) atoms. The van der Waals surface area contributed by atoms with Gasteiger partial charge in [-0.25, -0.2) is 4.99 Å². The Labute approximate surface area is 168 Å². The number of ether oxygens (including phenoxy) is 2. The molecule has 3 N–H and O–H groups in total. The van der Waals surface area contributed by atoms with Gasteiger partial charge in [-0.2, -0.15) is 0 Å². The minimum Gasteiger partial charge on any atom is -0.369 e. The monoisotopic (exact) mass is 444 g/mol. The van der Waals surface area contributed by atoms with Crippen LogP contribution in [-0.2, 0) is 15.9 Å². The van der Waals surface area contributed by atoms with Crippen LogP contribution in [0.15, 0.2) is 15.5 Å². The molecule has 0 amide bonds. The van der Waals surface area contributed by atoms with Crippen LogP contribution in [0.4, 0.5) is 5.69 Å². The van der Waals surface area contributed by atoms with Crippen molar-refractivity contribution in [2.24, 2.45) is 10.7 Å². The highest BCUT2D eigenvalue weighted by molar-refractivity contribution is 9.10. The minimum absolute atomic E-state index is 0.334. The SMILES string of the molecule is CCOC(CN=C(N)NN1CC2CCCc3c(Br)cc(Cl)c1c32)OCC. The standard InChI is InChI=1S/C18H26BrClN4O2/c1-3-25-15(26-4-2)9-22-18(21)23-24-10-11-6-5-7-12-13(19)8-14(20)17(24)16(11)12/h8,11,15H,3-7,9-10H2,1-2H3,(H3,21,22,23). The lowest BCUT2D eigenvalue weighted by molar-refractivity contribution is -0.128. The summed E-state index contributed by atoms with van der Waals surface area (Å²) < 4.78 is 12.1. The van der Waals surface area contributed by atoms with Crippen LogP contribution in [-0.4, -0.2) is 38.6 Å². The van der Waals surface area contributed by atoms with Crippen molar-refractivity contribution in [3.05, 3.63) is 26.7 Å². The number of hydrogen-bond acceptors (Lipinski definition) is 4. The number of benzene rings is 1. The normalized spacial score (nSPS) is 19.2. The largest absolute Gasteiger partial charge is 0.369 e. The fraction of sp³-hybridized carbons (Fsp3) is 0.611. The van der Waals surface area contributed by atoms with E-state index in [0.29, 0.717) is 31.6 Å². The van der Waals surface area contributed by atoms with Crippen LogP contribution in [0, 0.1) is 0 Å². The van der Waals surface area contributed by atoms with Crippen molar-refractivity contribution in [2.75, 3.05) is 31.3 Å². The molecule has 1 aliphatic heterocycles.